The van der Waals surface area contributed by atoms with E-state index >= 15 is 0 Å². The van der Waals surface area contributed by atoms with Gasteiger partial charge in [-0.3, -0.25) is 0 Å². The molecule has 0 amide bonds. The number of hydrogen-bond acceptors (Lipinski definition) is 4. The molecule has 0 saturated heterocycles. The highest BCUT2D eigenvalue weighted by Gasteiger charge is 2.19. The number of sulfone groups is 1. The van der Waals surface area contributed by atoms with Gasteiger partial charge in [0, 0.05) is 6.42 Å². The average Bonchev–Trinajstić information content (AvgIpc) is 2.38. The summed E-state index contributed by atoms with van der Waals surface area (Å²) in [6.45, 7) is 1.63. The summed E-state index contributed by atoms with van der Waals surface area (Å²) in [6.07, 6.45) is 0.216. The number of ether oxygens (including phenoxy) is 1. The van der Waals surface area contributed by atoms with E-state index in [0.29, 0.717) is 0 Å². The van der Waals surface area contributed by atoms with Crippen LogP contribution in [0.3, 0.4) is 0 Å². The molecule has 1 aromatic rings. The Hall–Kier alpha value is -2.00. The van der Waals surface area contributed by atoms with Crippen molar-refractivity contribution < 1.29 is 23.1 Å². The van der Waals surface area contributed by atoms with Gasteiger partial charge in [-0.1, -0.05) is 0 Å². The quantitative estimate of drug-likeness (QED) is 0.829. The van der Waals surface area contributed by atoms with Crippen LogP contribution < -0.4 is 4.74 Å². The fourth-order valence-corrected chi connectivity index (χ4v) is 2.66. The smallest absolute Gasteiger partial charge is 0.339 e. The molecule has 0 fully saturated rings. The summed E-state index contributed by atoms with van der Waals surface area (Å²) >= 11 is 0. The molecule has 0 atom stereocenters. The molecule has 0 bridgehead atoms. The highest BCUT2D eigenvalue weighted by atomic mass is 32.2. The van der Waals surface area contributed by atoms with Crippen molar-refractivity contribution in [3.8, 4) is 17.6 Å². The lowest BCUT2D eigenvalue weighted by Crippen LogP contribution is -2.09. The van der Waals surface area contributed by atoms with Crippen LogP contribution in [0.5, 0.6) is 5.75 Å². The summed E-state index contributed by atoms with van der Waals surface area (Å²) in [5.41, 5.74) is -0.176. The number of carbonyl (C=O) groups is 1. The highest BCUT2D eigenvalue weighted by Crippen LogP contribution is 2.23. The molecule has 0 aliphatic rings. The molecule has 102 valence electrons. The van der Waals surface area contributed by atoms with Gasteiger partial charge in [-0.2, -0.15) is 0 Å². The Morgan fingerprint density at radius 2 is 2.11 bits per heavy atom. The molecule has 19 heavy (non-hydrogen) atoms. The first-order valence-corrected chi connectivity index (χ1v) is 7.11. The van der Waals surface area contributed by atoms with E-state index in [0.717, 1.165) is 6.07 Å². The van der Waals surface area contributed by atoms with Gasteiger partial charge < -0.3 is 9.84 Å². The zero-order chi connectivity index (χ0) is 14.5. The zero-order valence-corrected chi connectivity index (χ0v) is 11.5. The molecule has 0 aromatic heterocycles. The lowest BCUT2D eigenvalue weighted by Gasteiger charge is -2.07. The van der Waals surface area contributed by atoms with Gasteiger partial charge in [-0.15, -0.1) is 11.8 Å². The summed E-state index contributed by atoms with van der Waals surface area (Å²) in [5, 5.41) is 9.00. The fraction of sp³-hybridized carbons (Fsp3) is 0.308. The van der Waals surface area contributed by atoms with E-state index in [1.54, 1.807) is 6.92 Å². The standard InChI is InChI=1S/C13H14O5S/c1-3-4-5-8-19(16,17)10-6-7-12(18-2)11(9-10)13(14)15/h6-7,9H,5,8H2,1-2H3,(H,14,15). The number of benzene rings is 1. The fourth-order valence-electron chi connectivity index (χ4n) is 1.48. The second kappa shape index (κ2) is 6.25. The topological polar surface area (TPSA) is 80.7 Å². The molecule has 1 N–H and O–H groups in total. The van der Waals surface area contributed by atoms with Crippen molar-refractivity contribution >= 4 is 15.8 Å². The van der Waals surface area contributed by atoms with Crippen LogP contribution in [0, 0.1) is 11.8 Å². The normalized spacial score (nSPS) is 10.4. The van der Waals surface area contributed by atoms with Crippen LogP contribution in [0.15, 0.2) is 23.1 Å². The highest BCUT2D eigenvalue weighted by molar-refractivity contribution is 7.91. The first-order chi connectivity index (χ1) is 8.92. The second-order valence-corrected chi connectivity index (χ2v) is 5.77. The van der Waals surface area contributed by atoms with E-state index in [4.69, 9.17) is 9.84 Å². The Kier molecular flexibility index (Phi) is 4.95. The minimum absolute atomic E-state index is 0.0383. The molecule has 0 radical (unpaired) electrons. The minimum atomic E-state index is -3.53. The lowest BCUT2D eigenvalue weighted by molar-refractivity contribution is 0.0693. The third-order valence-electron chi connectivity index (χ3n) is 2.43. The molecular weight excluding hydrogens is 268 g/mol. The van der Waals surface area contributed by atoms with Gasteiger partial charge in [0.1, 0.15) is 11.3 Å². The Labute approximate surface area is 112 Å². The molecule has 0 heterocycles. The van der Waals surface area contributed by atoms with Gasteiger partial charge in [0.2, 0.25) is 0 Å². The van der Waals surface area contributed by atoms with E-state index in [1.807, 2.05) is 0 Å². The molecule has 1 rings (SSSR count). The SMILES string of the molecule is CC#CCCS(=O)(=O)c1ccc(OC)c(C(=O)O)c1. The summed E-state index contributed by atoms with van der Waals surface area (Å²) in [7, 11) is -2.21. The van der Waals surface area contributed by atoms with Crippen molar-refractivity contribution in [2.24, 2.45) is 0 Å². The molecular formula is C13H14O5S. The van der Waals surface area contributed by atoms with Crippen LogP contribution >= 0.6 is 0 Å². The number of rotatable bonds is 5. The number of carboxylic acids is 1. The first-order valence-electron chi connectivity index (χ1n) is 5.46. The van der Waals surface area contributed by atoms with Crippen molar-refractivity contribution in [3.05, 3.63) is 23.8 Å². The Bertz CT molecular complexity index is 635. The average molecular weight is 282 g/mol. The summed E-state index contributed by atoms with van der Waals surface area (Å²) in [6, 6.07) is 3.78. The largest absolute Gasteiger partial charge is 0.496 e. The van der Waals surface area contributed by atoms with Gasteiger partial charge in [0.05, 0.1) is 17.8 Å². The molecule has 0 spiro atoms. The molecule has 0 unspecified atom stereocenters. The van der Waals surface area contributed by atoms with E-state index in [2.05, 4.69) is 11.8 Å². The van der Waals surface area contributed by atoms with E-state index in [-0.39, 0.29) is 28.4 Å². The zero-order valence-electron chi connectivity index (χ0n) is 10.6. The van der Waals surface area contributed by atoms with Crippen LogP contribution in [0.25, 0.3) is 0 Å². The van der Waals surface area contributed by atoms with Crippen LogP contribution in [-0.2, 0) is 9.84 Å². The Balaban J connectivity index is 3.16. The maximum atomic E-state index is 12.0. The van der Waals surface area contributed by atoms with E-state index in [1.165, 1.54) is 19.2 Å². The van der Waals surface area contributed by atoms with E-state index in [9.17, 15) is 13.2 Å². The predicted molar refractivity (Wildman–Crippen MR) is 70.1 cm³/mol. The number of carboxylic acid groups (broad SMARTS) is 1. The minimum Gasteiger partial charge on any atom is -0.496 e. The van der Waals surface area contributed by atoms with Crippen molar-refractivity contribution in [2.75, 3.05) is 12.9 Å². The Morgan fingerprint density at radius 1 is 1.42 bits per heavy atom. The van der Waals surface area contributed by atoms with Gasteiger partial charge in [-0.25, -0.2) is 13.2 Å². The summed E-state index contributed by atoms with van der Waals surface area (Å²) < 4.78 is 28.8. The van der Waals surface area contributed by atoms with Crippen molar-refractivity contribution in [1.29, 1.82) is 0 Å². The maximum absolute atomic E-state index is 12.0. The lowest BCUT2D eigenvalue weighted by atomic mass is 10.2. The Morgan fingerprint density at radius 3 is 2.63 bits per heavy atom. The van der Waals surface area contributed by atoms with Crippen molar-refractivity contribution in [1.82, 2.24) is 0 Å². The predicted octanol–water partition coefficient (Wildman–Crippen LogP) is 1.58. The second-order valence-electron chi connectivity index (χ2n) is 3.66. The molecule has 1 aromatic carbocycles. The first kappa shape index (κ1) is 15.1. The number of methoxy groups -OCH3 is 1. The van der Waals surface area contributed by atoms with Gasteiger partial charge in [-0.05, 0) is 25.1 Å². The van der Waals surface area contributed by atoms with Crippen LogP contribution in [0.2, 0.25) is 0 Å². The molecule has 0 aliphatic heterocycles. The monoisotopic (exact) mass is 282 g/mol. The number of aromatic carboxylic acids is 1. The number of hydrogen-bond donors (Lipinski definition) is 1. The third-order valence-corrected chi connectivity index (χ3v) is 4.15. The molecule has 6 heteroatoms. The van der Waals surface area contributed by atoms with Crippen LogP contribution in [-0.4, -0.2) is 32.4 Å². The van der Waals surface area contributed by atoms with Crippen LogP contribution in [0.4, 0.5) is 0 Å². The van der Waals surface area contributed by atoms with Crippen molar-refractivity contribution in [3.63, 3.8) is 0 Å². The van der Waals surface area contributed by atoms with Crippen LogP contribution in [0.1, 0.15) is 23.7 Å². The van der Waals surface area contributed by atoms with E-state index < -0.39 is 15.8 Å². The summed E-state index contributed by atoms with van der Waals surface area (Å²) in [4.78, 5) is 11.0. The maximum Gasteiger partial charge on any atom is 0.339 e. The summed E-state index contributed by atoms with van der Waals surface area (Å²) in [5.74, 6) is 4.03. The van der Waals surface area contributed by atoms with Gasteiger partial charge in [0.25, 0.3) is 0 Å². The third kappa shape index (κ3) is 3.73. The molecule has 5 nitrogen and oxygen atoms in total. The molecule has 0 aliphatic carbocycles. The molecule has 0 saturated carbocycles. The van der Waals surface area contributed by atoms with Gasteiger partial charge in [0.15, 0.2) is 9.84 Å². The van der Waals surface area contributed by atoms with Gasteiger partial charge >= 0.3 is 5.97 Å². The van der Waals surface area contributed by atoms with Crippen molar-refractivity contribution in [2.45, 2.75) is 18.2 Å².